The number of rotatable bonds is 6. The van der Waals surface area contributed by atoms with Gasteiger partial charge in [-0.25, -0.2) is 4.68 Å². The van der Waals surface area contributed by atoms with Gasteiger partial charge in [0.1, 0.15) is 0 Å². The van der Waals surface area contributed by atoms with Crippen LogP contribution in [-0.2, 0) is 5.41 Å². The average molecular weight is 376 g/mol. The number of hydrogen-bond donors (Lipinski definition) is 1. The molecule has 0 radical (unpaired) electrons. The maximum atomic E-state index is 12.6. The minimum atomic E-state index is -0.450. The van der Waals surface area contributed by atoms with E-state index in [1.165, 1.54) is 28.8 Å². The highest BCUT2D eigenvalue weighted by Gasteiger charge is 2.38. The van der Waals surface area contributed by atoms with Crippen LogP contribution in [0.15, 0.2) is 66.9 Å². The Labute approximate surface area is 162 Å². The maximum absolute atomic E-state index is 12.6. The van der Waals surface area contributed by atoms with Crippen molar-refractivity contribution in [3.05, 3.63) is 88.2 Å². The van der Waals surface area contributed by atoms with Gasteiger partial charge in [0.25, 0.3) is 11.6 Å². The summed E-state index contributed by atoms with van der Waals surface area (Å²) >= 11 is 0. The van der Waals surface area contributed by atoms with Crippen LogP contribution in [0.1, 0.15) is 35.3 Å². The van der Waals surface area contributed by atoms with Gasteiger partial charge in [0, 0.05) is 30.3 Å². The summed E-state index contributed by atoms with van der Waals surface area (Å²) in [5, 5.41) is 18.1. The van der Waals surface area contributed by atoms with E-state index in [2.05, 4.69) is 22.5 Å². The predicted octanol–water partition coefficient (Wildman–Crippen LogP) is 3.63. The second-order valence-electron chi connectivity index (χ2n) is 7.10. The molecule has 142 valence electrons. The van der Waals surface area contributed by atoms with Gasteiger partial charge >= 0.3 is 0 Å². The highest BCUT2D eigenvalue weighted by atomic mass is 16.6. The smallest absolute Gasteiger partial charge is 0.271 e. The van der Waals surface area contributed by atoms with E-state index in [4.69, 9.17) is 0 Å². The number of amides is 1. The number of nitro benzene ring substituents is 1. The minimum Gasteiger partial charge on any atom is -0.350 e. The molecule has 1 saturated carbocycles. The van der Waals surface area contributed by atoms with Gasteiger partial charge in [-0.05, 0) is 36.6 Å². The first-order valence-electron chi connectivity index (χ1n) is 9.22. The third kappa shape index (κ3) is 3.38. The van der Waals surface area contributed by atoms with Crippen molar-refractivity contribution in [2.24, 2.45) is 0 Å². The summed E-state index contributed by atoms with van der Waals surface area (Å²) in [6, 6.07) is 18.0. The summed E-state index contributed by atoms with van der Waals surface area (Å²) in [6.07, 6.45) is 4.97. The van der Waals surface area contributed by atoms with Crippen molar-refractivity contribution in [3.63, 3.8) is 0 Å². The molecule has 4 rings (SSSR count). The molecule has 0 aliphatic heterocycles. The second kappa shape index (κ2) is 7.26. The standard InChI is InChI=1S/C21H20N4O3/c26-20(22-15-21(12-4-13-21)16-5-2-1-3-6-16)19-11-14-24(23-19)17-7-9-18(10-8-17)25(27)28/h1-3,5-11,14H,4,12-13,15H2,(H,22,26). The van der Waals surface area contributed by atoms with Crippen molar-refractivity contribution in [3.8, 4) is 5.69 Å². The van der Waals surface area contributed by atoms with Crippen LogP contribution in [0.3, 0.4) is 0 Å². The summed E-state index contributed by atoms with van der Waals surface area (Å²) < 4.78 is 1.54. The fraction of sp³-hybridized carbons (Fsp3) is 0.238. The molecule has 0 saturated heterocycles. The fourth-order valence-electron chi connectivity index (χ4n) is 3.62. The van der Waals surface area contributed by atoms with Crippen LogP contribution >= 0.6 is 0 Å². The van der Waals surface area contributed by atoms with E-state index in [1.807, 2.05) is 18.2 Å². The van der Waals surface area contributed by atoms with E-state index in [-0.39, 0.29) is 17.0 Å². The second-order valence-corrected chi connectivity index (χ2v) is 7.10. The zero-order valence-electron chi connectivity index (χ0n) is 15.2. The van der Waals surface area contributed by atoms with Crippen LogP contribution in [0.5, 0.6) is 0 Å². The molecule has 1 aliphatic carbocycles. The molecule has 1 heterocycles. The average Bonchev–Trinajstić information content (AvgIpc) is 3.18. The largest absolute Gasteiger partial charge is 0.350 e. The molecular formula is C21H20N4O3. The number of benzene rings is 2. The van der Waals surface area contributed by atoms with Crippen LogP contribution in [0, 0.1) is 10.1 Å². The number of nitrogens with zero attached hydrogens (tertiary/aromatic N) is 3. The fourth-order valence-corrected chi connectivity index (χ4v) is 3.62. The Morgan fingerprint density at radius 3 is 2.43 bits per heavy atom. The van der Waals surface area contributed by atoms with Crippen molar-refractivity contribution >= 4 is 11.6 Å². The lowest BCUT2D eigenvalue weighted by Gasteiger charge is -2.42. The number of carbonyl (C=O) groups is 1. The number of non-ortho nitro benzene ring substituents is 1. The zero-order chi connectivity index (χ0) is 19.6. The molecule has 1 aromatic heterocycles. The van der Waals surface area contributed by atoms with Gasteiger partial charge in [0.15, 0.2) is 5.69 Å². The molecule has 28 heavy (non-hydrogen) atoms. The van der Waals surface area contributed by atoms with Crippen molar-refractivity contribution in [1.29, 1.82) is 0 Å². The lowest BCUT2D eigenvalue weighted by Crippen LogP contribution is -2.45. The highest BCUT2D eigenvalue weighted by Crippen LogP contribution is 2.43. The molecule has 1 N–H and O–H groups in total. The van der Waals surface area contributed by atoms with Crippen LogP contribution in [0.25, 0.3) is 5.69 Å². The van der Waals surface area contributed by atoms with E-state index < -0.39 is 4.92 Å². The molecule has 1 amide bonds. The summed E-state index contributed by atoms with van der Waals surface area (Å²) in [7, 11) is 0. The molecule has 2 aromatic carbocycles. The first-order chi connectivity index (χ1) is 13.6. The Balaban J connectivity index is 1.44. The highest BCUT2D eigenvalue weighted by molar-refractivity contribution is 5.92. The van der Waals surface area contributed by atoms with E-state index in [0.29, 0.717) is 17.9 Å². The summed E-state index contributed by atoms with van der Waals surface area (Å²) in [6.45, 7) is 0.584. The molecule has 0 spiro atoms. The van der Waals surface area contributed by atoms with E-state index >= 15 is 0 Å². The number of nitro groups is 1. The normalized spacial score (nSPS) is 14.9. The van der Waals surface area contributed by atoms with E-state index in [9.17, 15) is 14.9 Å². The van der Waals surface area contributed by atoms with Crippen LogP contribution < -0.4 is 5.32 Å². The lowest BCUT2D eigenvalue weighted by molar-refractivity contribution is -0.384. The number of hydrogen-bond acceptors (Lipinski definition) is 4. The number of nitrogens with one attached hydrogen (secondary N) is 1. The monoisotopic (exact) mass is 376 g/mol. The molecule has 0 unspecified atom stereocenters. The van der Waals surface area contributed by atoms with Gasteiger partial charge in [-0.3, -0.25) is 14.9 Å². The van der Waals surface area contributed by atoms with Gasteiger partial charge < -0.3 is 5.32 Å². The molecule has 7 heteroatoms. The molecule has 0 atom stereocenters. The molecule has 1 aliphatic rings. The molecule has 1 fully saturated rings. The van der Waals surface area contributed by atoms with E-state index in [0.717, 1.165) is 12.8 Å². The van der Waals surface area contributed by atoms with Gasteiger partial charge in [-0.2, -0.15) is 5.10 Å². The minimum absolute atomic E-state index is 0.0118. The van der Waals surface area contributed by atoms with Crippen molar-refractivity contribution in [2.45, 2.75) is 24.7 Å². The third-order valence-electron chi connectivity index (χ3n) is 5.43. The van der Waals surface area contributed by atoms with Gasteiger partial charge in [-0.15, -0.1) is 0 Å². The molecular weight excluding hydrogens is 356 g/mol. The quantitative estimate of drug-likeness (QED) is 0.525. The maximum Gasteiger partial charge on any atom is 0.271 e. The topological polar surface area (TPSA) is 90.1 Å². The SMILES string of the molecule is O=C(NCC1(c2ccccc2)CCC1)c1ccn(-c2ccc([N+](=O)[O-])cc2)n1. The summed E-state index contributed by atoms with van der Waals surface area (Å²) in [5.74, 6) is -0.220. The van der Waals surface area contributed by atoms with Gasteiger partial charge in [-0.1, -0.05) is 36.8 Å². The molecule has 7 nitrogen and oxygen atoms in total. The number of aromatic nitrogens is 2. The third-order valence-corrected chi connectivity index (χ3v) is 5.43. The van der Waals surface area contributed by atoms with Gasteiger partial charge in [0.05, 0.1) is 10.6 Å². The Morgan fingerprint density at radius 1 is 1.11 bits per heavy atom. The van der Waals surface area contributed by atoms with Crippen molar-refractivity contribution in [1.82, 2.24) is 15.1 Å². The van der Waals surface area contributed by atoms with Gasteiger partial charge in [0.2, 0.25) is 0 Å². The van der Waals surface area contributed by atoms with Crippen molar-refractivity contribution < 1.29 is 9.72 Å². The van der Waals surface area contributed by atoms with Crippen LogP contribution in [0.2, 0.25) is 0 Å². The van der Waals surface area contributed by atoms with Crippen LogP contribution in [-0.4, -0.2) is 27.2 Å². The number of carbonyl (C=O) groups excluding carboxylic acids is 1. The summed E-state index contributed by atoms with van der Waals surface area (Å²) in [4.78, 5) is 22.9. The summed E-state index contributed by atoms with van der Waals surface area (Å²) in [5.41, 5.74) is 2.27. The first kappa shape index (κ1) is 17.9. The molecule has 0 bridgehead atoms. The Bertz CT molecular complexity index is 992. The van der Waals surface area contributed by atoms with E-state index in [1.54, 1.807) is 24.4 Å². The van der Waals surface area contributed by atoms with Crippen LogP contribution in [0.4, 0.5) is 5.69 Å². The first-order valence-corrected chi connectivity index (χ1v) is 9.22. The molecule has 3 aromatic rings. The Morgan fingerprint density at radius 2 is 1.82 bits per heavy atom. The Hall–Kier alpha value is -3.48. The zero-order valence-corrected chi connectivity index (χ0v) is 15.2. The predicted molar refractivity (Wildman–Crippen MR) is 105 cm³/mol. The van der Waals surface area contributed by atoms with Crippen molar-refractivity contribution in [2.75, 3.05) is 6.54 Å². The lowest BCUT2D eigenvalue weighted by atomic mass is 9.64. The Kier molecular flexibility index (Phi) is 4.65.